The van der Waals surface area contributed by atoms with Crippen LogP contribution in [-0.2, 0) is 12.2 Å². The van der Waals surface area contributed by atoms with Crippen LogP contribution in [0.5, 0.6) is 0 Å². The Bertz CT molecular complexity index is 1040. The van der Waals surface area contributed by atoms with Gasteiger partial charge in [0.1, 0.15) is 11.1 Å². The largest absolute Gasteiger partial charge is 0.411 e. The van der Waals surface area contributed by atoms with Crippen molar-refractivity contribution in [2.75, 3.05) is 0 Å². The van der Waals surface area contributed by atoms with E-state index in [1.807, 2.05) is 42.5 Å². The van der Waals surface area contributed by atoms with Crippen molar-refractivity contribution in [1.29, 1.82) is 5.26 Å². The predicted molar refractivity (Wildman–Crippen MR) is 111 cm³/mol. The molecule has 1 atom stereocenters. The molecular formula is C23H19N3OS. The van der Waals surface area contributed by atoms with Crippen molar-refractivity contribution >= 4 is 17.5 Å². The second-order valence-corrected chi connectivity index (χ2v) is 7.75. The molecular weight excluding hydrogens is 366 g/mol. The predicted octanol–water partition coefficient (Wildman–Crippen LogP) is 5.15. The summed E-state index contributed by atoms with van der Waals surface area (Å²) >= 11 is 1.57. The minimum atomic E-state index is 0.215. The van der Waals surface area contributed by atoms with Gasteiger partial charge in [-0.1, -0.05) is 65.8 Å². The van der Waals surface area contributed by atoms with Gasteiger partial charge < -0.3 is 5.21 Å². The van der Waals surface area contributed by atoms with E-state index in [4.69, 9.17) is 4.98 Å². The lowest BCUT2D eigenvalue weighted by molar-refractivity contribution is 0.316. The molecule has 138 valence electrons. The molecule has 1 N–H and O–H groups in total. The SMILES string of the molecule is N#Cc1cc2c(nc1SCc1ccccc1)CC(c1ccccc1)C/C2=N\O. The van der Waals surface area contributed by atoms with Gasteiger partial charge in [0.15, 0.2) is 0 Å². The lowest BCUT2D eigenvalue weighted by Gasteiger charge is -2.25. The molecule has 1 aliphatic carbocycles. The summed E-state index contributed by atoms with van der Waals surface area (Å²) in [5.74, 6) is 0.969. The summed E-state index contributed by atoms with van der Waals surface area (Å²) in [6, 6.07) is 24.5. The van der Waals surface area contributed by atoms with E-state index in [0.717, 1.165) is 28.5 Å². The Balaban J connectivity index is 1.67. The van der Waals surface area contributed by atoms with Gasteiger partial charge in [-0.3, -0.25) is 0 Å². The monoisotopic (exact) mass is 385 g/mol. The average Bonchev–Trinajstić information content (AvgIpc) is 2.77. The molecule has 4 rings (SSSR count). The highest BCUT2D eigenvalue weighted by atomic mass is 32.2. The highest BCUT2D eigenvalue weighted by Crippen LogP contribution is 2.35. The number of fused-ring (bicyclic) bond motifs is 1. The van der Waals surface area contributed by atoms with Crippen LogP contribution in [0.3, 0.4) is 0 Å². The molecule has 28 heavy (non-hydrogen) atoms. The fraction of sp³-hybridized carbons (Fsp3) is 0.174. The molecule has 0 saturated heterocycles. The van der Waals surface area contributed by atoms with Gasteiger partial charge in [-0.15, -0.1) is 11.8 Å². The molecule has 0 amide bonds. The van der Waals surface area contributed by atoms with Gasteiger partial charge in [0.25, 0.3) is 0 Å². The second kappa shape index (κ2) is 8.28. The second-order valence-electron chi connectivity index (χ2n) is 6.78. The highest BCUT2D eigenvalue weighted by molar-refractivity contribution is 7.98. The van der Waals surface area contributed by atoms with Crippen LogP contribution >= 0.6 is 11.8 Å². The lowest BCUT2D eigenvalue weighted by Crippen LogP contribution is -2.21. The van der Waals surface area contributed by atoms with Crippen LogP contribution < -0.4 is 0 Å². The van der Waals surface area contributed by atoms with Crippen molar-refractivity contribution in [3.05, 3.63) is 94.7 Å². The van der Waals surface area contributed by atoms with E-state index in [9.17, 15) is 10.5 Å². The van der Waals surface area contributed by atoms with Gasteiger partial charge in [-0.2, -0.15) is 5.26 Å². The number of oxime groups is 1. The van der Waals surface area contributed by atoms with E-state index < -0.39 is 0 Å². The molecule has 0 spiro atoms. The van der Waals surface area contributed by atoms with Gasteiger partial charge in [-0.05, 0) is 29.5 Å². The summed E-state index contributed by atoms with van der Waals surface area (Å²) in [4.78, 5) is 4.82. The third-order valence-electron chi connectivity index (χ3n) is 4.99. The van der Waals surface area contributed by atoms with Gasteiger partial charge in [0, 0.05) is 17.7 Å². The van der Waals surface area contributed by atoms with Gasteiger partial charge in [-0.25, -0.2) is 4.98 Å². The first kappa shape index (κ1) is 18.3. The van der Waals surface area contributed by atoms with E-state index in [2.05, 4.69) is 35.5 Å². The maximum absolute atomic E-state index is 9.60. The number of nitrogens with zero attached hydrogens (tertiary/aromatic N) is 3. The van der Waals surface area contributed by atoms with Crippen molar-refractivity contribution in [2.24, 2.45) is 5.16 Å². The number of hydrogen-bond acceptors (Lipinski definition) is 5. The normalized spacial score (nSPS) is 17.1. The lowest BCUT2D eigenvalue weighted by atomic mass is 9.81. The summed E-state index contributed by atoms with van der Waals surface area (Å²) in [6.45, 7) is 0. The first-order valence-electron chi connectivity index (χ1n) is 9.15. The molecule has 1 unspecified atom stereocenters. The summed E-state index contributed by atoms with van der Waals surface area (Å²) in [6.07, 6.45) is 1.40. The molecule has 0 radical (unpaired) electrons. The van der Waals surface area contributed by atoms with E-state index in [-0.39, 0.29) is 5.92 Å². The maximum Gasteiger partial charge on any atom is 0.114 e. The number of aromatic nitrogens is 1. The van der Waals surface area contributed by atoms with Crippen LogP contribution in [0.25, 0.3) is 0 Å². The Labute approximate surface area is 168 Å². The Kier molecular flexibility index (Phi) is 5.41. The van der Waals surface area contributed by atoms with E-state index >= 15 is 0 Å². The summed E-state index contributed by atoms with van der Waals surface area (Å²) in [5, 5.41) is 23.4. The zero-order chi connectivity index (χ0) is 19.3. The highest BCUT2D eigenvalue weighted by Gasteiger charge is 2.28. The topological polar surface area (TPSA) is 69.3 Å². The van der Waals surface area contributed by atoms with Crippen molar-refractivity contribution in [3.63, 3.8) is 0 Å². The zero-order valence-electron chi connectivity index (χ0n) is 15.2. The molecule has 1 aromatic heterocycles. The molecule has 1 heterocycles. The van der Waals surface area contributed by atoms with Gasteiger partial charge >= 0.3 is 0 Å². The fourth-order valence-corrected chi connectivity index (χ4v) is 4.49. The standard InChI is InChI=1S/C23H19N3OS/c24-14-19-11-20-21(25-23(19)28-15-16-7-3-1-4-8-16)12-18(13-22(20)26-27)17-9-5-2-6-10-17/h1-11,18,27H,12-13,15H2/b26-22+. The molecule has 1 aliphatic rings. The van der Waals surface area contributed by atoms with E-state index in [1.165, 1.54) is 11.1 Å². The summed E-state index contributed by atoms with van der Waals surface area (Å²) in [5.41, 5.74) is 5.20. The van der Waals surface area contributed by atoms with Crippen LogP contribution in [0, 0.1) is 11.3 Å². The number of pyridine rings is 1. The molecule has 3 aromatic rings. The molecule has 4 nitrogen and oxygen atoms in total. The van der Waals surface area contributed by atoms with Crippen molar-refractivity contribution in [3.8, 4) is 6.07 Å². The van der Waals surface area contributed by atoms with Crippen LogP contribution in [-0.4, -0.2) is 15.9 Å². The number of hydrogen-bond donors (Lipinski definition) is 1. The summed E-state index contributed by atoms with van der Waals surface area (Å²) < 4.78 is 0. The molecule has 0 aliphatic heterocycles. The molecule has 0 saturated carbocycles. The maximum atomic E-state index is 9.60. The third-order valence-corrected chi connectivity index (χ3v) is 6.05. The van der Waals surface area contributed by atoms with Crippen LogP contribution in [0.1, 0.15) is 40.3 Å². The number of benzene rings is 2. The first-order valence-corrected chi connectivity index (χ1v) is 10.1. The van der Waals surface area contributed by atoms with Crippen LogP contribution in [0.2, 0.25) is 0 Å². The molecule has 0 bridgehead atoms. The average molecular weight is 385 g/mol. The first-order chi connectivity index (χ1) is 13.8. The van der Waals surface area contributed by atoms with E-state index in [1.54, 1.807) is 11.8 Å². The van der Waals surface area contributed by atoms with Crippen molar-refractivity contribution < 1.29 is 5.21 Å². The summed E-state index contributed by atoms with van der Waals surface area (Å²) in [7, 11) is 0. The fourth-order valence-electron chi connectivity index (χ4n) is 3.56. The Morgan fingerprint density at radius 2 is 1.79 bits per heavy atom. The Morgan fingerprint density at radius 1 is 1.07 bits per heavy atom. The van der Waals surface area contributed by atoms with Crippen molar-refractivity contribution in [2.45, 2.75) is 29.5 Å². The Hall–Kier alpha value is -3.10. The van der Waals surface area contributed by atoms with E-state index in [0.29, 0.717) is 17.7 Å². The number of rotatable bonds is 4. The third kappa shape index (κ3) is 3.78. The molecule has 2 aromatic carbocycles. The minimum absolute atomic E-state index is 0.215. The smallest absolute Gasteiger partial charge is 0.114 e. The quantitative estimate of drug-likeness (QED) is 0.383. The van der Waals surface area contributed by atoms with Gasteiger partial charge in [0.2, 0.25) is 0 Å². The minimum Gasteiger partial charge on any atom is -0.411 e. The van der Waals surface area contributed by atoms with Crippen LogP contribution in [0.4, 0.5) is 0 Å². The zero-order valence-corrected chi connectivity index (χ0v) is 16.1. The van der Waals surface area contributed by atoms with Gasteiger partial charge in [0.05, 0.1) is 17.0 Å². The number of thioether (sulfide) groups is 1. The van der Waals surface area contributed by atoms with Crippen LogP contribution in [0.15, 0.2) is 76.9 Å². The Morgan fingerprint density at radius 3 is 2.46 bits per heavy atom. The number of nitriles is 1. The van der Waals surface area contributed by atoms with Crippen molar-refractivity contribution in [1.82, 2.24) is 4.98 Å². The molecule has 0 fully saturated rings. The molecule has 5 heteroatoms.